The molecule has 0 radical (unpaired) electrons. The number of carbonyl (C=O) groups is 2. The van der Waals surface area contributed by atoms with Crippen LogP contribution in [0.15, 0.2) is 18.2 Å². The summed E-state index contributed by atoms with van der Waals surface area (Å²) in [6.45, 7) is 7.54. The van der Waals surface area contributed by atoms with E-state index in [1.807, 2.05) is 0 Å². The van der Waals surface area contributed by atoms with Crippen molar-refractivity contribution >= 4 is 17.6 Å². The van der Waals surface area contributed by atoms with Crippen LogP contribution in [0.3, 0.4) is 0 Å². The number of fused-ring (bicyclic) bond motifs is 1. The van der Waals surface area contributed by atoms with Gasteiger partial charge in [-0.25, -0.2) is 4.79 Å². The average Bonchev–Trinajstić information content (AvgIpc) is 2.96. The topological polar surface area (TPSA) is 110 Å². The van der Waals surface area contributed by atoms with Crippen molar-refractivity contribution in [2.24, 2.45) is 0 Å². The van der Waals surface area contributed by atoms with Crippen LogP contribution < -0.4 is 14.8 Å². The van der Waals surface area contributed by atoms with E-state index in [1.165, 1.54) is 6.92 Å². The van der Waals surface area contributed by atoms with Crippen LogP contribution in [0.2, 0.25) is 0 Å². The molecular formula is C20H24N2O6. The third kappa shape index (κ3) is 3.96. The summed E-state index contributed by atoms with van der Waals surface area (Å²) in [7, 11) is 0. The normalized spacial score (nSPS) is 14.9. The molecule has 2 heterocycles. The van der Waals surface area contributed by atoms with Crippen LogP contribution in [0, 0.1) is 13.8 Å². The highest BCUT2D eigenvalue weighted by molar-refractivity contribution is 5.97. The summed E-state index contributed by atoms with van der Waals surface area (Å²) in [5, 5.41) is 12.5. The van der Waals surface area contributed by atoms with Gasteiger partial charge in [0, 0.05) is 23.0 Å². The third-order valence-corrected chi connectivity index (χ3v) is 4.58. The van der Waals surface area contributed by atoms with Crippen LogP contribution in [0.5, 0.6) is 11.5 Å². The summed E-state index contributed by atoms with van der Waals surface area (Å²) >= 11 is 0. The molecule has 2 aromatic rings. The first-order chi connectivity index (χ1) is 13.3. The van der Waals surface area contributed by atoms with Gasteiger partial charge >= 0.3 is 5.97 Å². The van der Waals surface area contributed by atoms with Gasteiger partial charge < -0.3 is 29.6 Å². The van der Waals surface area contributed by atoms with Crippen LogP contribution >= 0.6 is 0 Å². The molecule has 0 saturated heterocycles. The van der Waals surface area contributed by atoms with Crippen molar-refractivity contribution < 1.29 is 28.9 Å². The number of aliphatic hydroxyl groups is 1. The van der Waals surface area contributed by atoms with Gasteiger partial charge in [0.15, 0.2) is 17.6 Å². The van der Waals surface area contributed by atoms with Gasteiger partial charge in [0.2, 0.25) is 0 Å². The Morgan fingerprint density at radius 1 is 1.18 bits per heavy atom. The number of rotatable bonds is 5. The second-order valence-corrected chi connectivity index (χ2v) is 6.73. The zero-order valence-electron chi connectivity index (χ0n) is 16.3. The quantitative estimate of drug-likeness (QED) is 0.680. The highest BCUT2D eigenvalue weighted by atomic mass is 16.6. The number of aromatic nitrogens is 1. The Bertz CT molecular complexity index is 902. The number of benzene rings is 1. The van der Waals surface area contributed by atoms with E-state index in [4.69, 9.17) is 14.2 Å². The fourth-order valence-corrected chi connectivity index (χ4v) is 3.23. The van der Waals surface area contributed by atoms with Crippen LogP contribution in [0.4, 0.5) is 5.69 Å². The molecule has 8 heteroatoms. The summed E-state index contributed by atoms with van der Waals surface area (Å²) in [5.74, 6) is 0.0473. The van der Waals surface area contributed by atoms with E-state index in [0.717, 1.165) is 0 Å². The Morgan fingerprint density at radius 2 is 1.86 bits per heavy atom. The van der Waals surface area contributed by atoms with Gasteiger partial charge in [-0.3, -0.25) is 4.79 Å². The lowest BCUT2D eigenvalue weighted by Crippen LogP contribution is -2.30. The van der Waals surface area contributed by atoms with E-state index in [1.54, 1.807) is 39.0 Å². The predicted molar refractivity (Wildman–Crippen MR) is 102 cm³/mol. The molecule has 0 spiro atoms. The maximum absolute atomic E-state index is 12.5. The van der Waals surface area contributed by atoms with Gasteiger partial charge in [-0.05, 0) is 45.4 Å². The van der Waals surface area contributed by atoms with Crippen LogP contribution in [-0.4, -0.2) is 41.3 Å². The van der Waals surface area contributed by atoms with Gasteiger partial charge in [0.05, 0.1) is 6.10 Å². The Morgan fingerprint density at radius 3 is 2.50 bits per heavy atom. The van der Waals surface area contributed by atoms with Crippen molar-refractivity contribution in [2.75, 3.05) is 18.5 Å². The smallest absolute Gasteiger partial charge is 0.355 e. The number of anilines is 1. The molecule has 0 aliphatic carbocycles. The lowest BCUT2D eigenvalue weighted by molar-refractivity contribution is -0.123. The number of H-pyrrole nitrogens is 1. The minimum Gasteiger partial charge on any atom is -0.486 e. The summed E-state index contributed by atoms with van der Waals surface area (Å²) < 4.78 is 16.2. The molecule has 1 aromatic carbocycles. The summed E-state index contributed by atoms with van der Waals surface area (Å²) in [5.41, 5.74) is 2.69. The number of nitrogens with one attached hydrogen (secondary N) is 2. The second kappa shape index (κ2) is 7.93. The number of hydrogen-bond acceptors (Lipinski definition) is 6. The predicted octanol–water partition coefficient (Wildman–Crippen LogP) is 2.64. The number of amides is 1. The Kier molecular flexibility index (Phi) is 5.60. The molecule has 0 unspecified atom stereocenters. The first-order valence-electron chi connectivity index (χ1n) is 9.06. The van der Waals surface area contributed by atoms with E-state index >= 15 is 0 Å². The van der Waals surface area contributed by atoms with E-state index in [2.05, 4.69) is 10.3 Å². The standard InChI is InChI=1S/C20H24N2O6/c1-10-17(12(3)23)11(2)21-18(10)20(25)28-13(4)19(24)22-14-5-6-15-16(9-14)27-8-7-26-15/h5-6,9,12-13,21,23H,7-8H2,1-4H3,(H,22,24)/t12-,13-/m0/s1. The molecule has 1 aliphatic heterocycles. The highest BCUT2D eigenvalue weighted by Gasteiger charge is 2.25. The molecule has 1 amide bonds. The van der Waals surface area contributed by atoms with Gasteiger partial charge in [-0.15, -0.1) is 0 Å². The van der Waals surface area contributed by atoms with Crippen molar-refractivity contribution in [1.29, 1.82) is 0 Å². The highest BCUT2D eigenvalue weighted by Crippen LogP contribution is 2.32. The molecule has 2 atom stereocenters. The van der Waals surface area contributed by atoms with E-state index in [0.29, 0.717) is 47.2 Å². The fourth-order valence-electron chi connectivity index (χ4n) is 3.23. The van der Waals surface area contributed by atoms with Gasteiger partial charge in [-0.2, -0.15) is 0 Å². The fraction of sp³-hybridized carbons (Fsp3) is 0.400. The lowest BCUT2D eigenvalue weighted by Gasteiger charge is -2.19. The van der Waals surface area contributed by atoms with E-state index in [9.17, 15) is 14.7 Å². The van der Waals surface area contributed by atoms with Crippen molar-refractivity contribution in [3.63, 3.8) is 0 Å². The maximum Gasteiger partial charge on any atom is 0.355 e. The number of carbonyl (C=O) groups excluding carboxylic acids is 2. The number of esters is 1. The largest absolute Gasteiger partial charge is 0.486 e. The molecule has 3 rings (SSSR count). The Labute approximate surface area is 162 Å². The zero-order chi connectivity index (χ0) is 20.4. The molecule has 1 aromatic heterocycles. The van der Waals surface area contributed by atoms with Gasteiger partial charge in [0.25, 0.3) is 5.91 Å². The van der Waals surface area contributed by atoms with Crippen molar-refractivity contribution in [3.05, 3.63) is 40.7 Å². The van der Waals surface area contributed by atoms with E-state index in [-0.39, 0.29) is 5.69 Å². The second-order valence-electron chi connectivity index (χ2n) is 6.73. The number of aryl methyl sites for hydroxylation is 1. The number of aromatic amines is 1. The molecule has 0 fully saturated rings. The summed E-state index contributed by atoms with van der Waals surface area (Å²) in [4.78, 5) is 27.8. The Balaban J connectivity index is 1.66. The van der Waals surface area contributed by atoms with Crippen molar-refractivity contribution in [3.8, 4) is 11.5 Å². The van der Waals surface area contributed by atoms with Crippen LogP contribution in [-0.2, 0) is 9.53 Å². The maximum atomic E-state index is 12.5. The summed E-state index contributed by atoms with van der Waals surface area (Å²) in [6, 6.07) is 5.06. The molecule has 0 bridgehead atoms. The first kappa shape index (κ1) is 19.8. The molecule has 3 N–H and O–H groups in total. The molecule has 1 aliphatic rings. The zero-order valence-corrected chi connectivity index (χ0v) is 16.3. The van der Waals surface area contributed by atoms with Crippen LogP contribution in [0.1, 0.15) is 47.3 Å². The van der Waals surface area contributed by atoms with Gasteiger partial charge in [0.1, 0.15) is 18.9 Å². The minimum atomic E-state index is -1.02. The van der Waals surface area contributed by atoms with Crippen molar-refractivity contribution in [2.45, 2.75) is 39.9 Å². The lowest BCUT2D eigenvalue weighted by atomic mass is 10.1. The minimum absolute atomic E-state index is 0.229. The molecule has 8 nitrogen and oxygen atoms in total. The van der Waals surface area contributed by atoms with Gasteiger partial charge in [-0.1, -0.05) is 0 Å². The first-order valence-corrected chi connectivity index (χ1v) is 9.06. The van der Waals surface area contributed by atoms with Crippen LogP contribution in [0.25, 0.3) is 0 Å². The summed E-state index contributed by atoms with van der Waals surface area (Å²) in [6.07, 6.45) is -1.73. The number of hydrogen-bond donors (Lipinski definition) is 3. The number of ether oxygens (including phenoxy) is 3. The molecule has 0 saturated carbocycles. The SMILES string of the molecule is Cc1[nH]c(C(=O)O[C@@H](C)C(=O)Nc2ccc3c(c2)OCCO3)c(C)c1[C@H](C)O. The molecule has 28 heavy (non-hydrogen) atoms. The monoisotopic (exact) mass is 388 g/mol. The van der Waals surface area contributed by atoms with E-state index < -0.39 is 24.1 Å². The molecule has 150 valence electrons. The third-order valence-electron chi connectivity index (χ3n) is 4.58. The average molecular weight is 388 g/mol. The molecular weight excluding hydrogens is 364 g/mol. The van der Waals surface area contributed by atoms with Crippen molar-refractivity contribution in [1.82, 2.24) is 4.98 Å². The Hall–Kier alpha value is -3.00. The number of aliphatic hydroxyl groups excluding tert-OH is 1.